The zero-order valence-electron chi connectivity index (χ0n) is 13.1. The van der Waals surface area contributed by atoms with E-state index < -0.39 is 10.0 Å². The average Bonchev–Trinajstić information content (AvgIpc) is 2.79. The van der Waals surface area contributed by atoms with Crippen molar-refractivity contribution in [1.29, 1.82) is 0 Å². The van der Waals surface area contributed by atoms with Crippen molar-refractivity contribution in [1.82, 2.24) is 9.62 Å². The highest BCUT2D eigenvalue weighted by molar-refractivity contribution is 7.89. The predicted octanol–water partition coefficient (Wildman–Crippen LogP) is -0.472. The number of ether oxygens (including phenoxy) is 1. The van der Waals surface area contributed by atoms with E-state index in [9.17, 15) is 13.2 Å². The van der Waals surface area contributed by atoms with Gasteiger partial charge in [0.25, 0.3) is 0 Å². The van der Waals surface area contributed by atoms with Crippen LogP contribution in [-0.2, 0) is 19.6 Å². The van der Waals surface area contributed by atoms with Crippen molar-refractivity contribution in [3.05, 3.63) is 0 Å². The SMILES string of the molecule is CC(C)OCCS(=O)(=O)NCC(=O)N1CCC(C)(CN)C1. The molecule has 0 aromatic heterocycles. The molecule has 0 spiro atoms. The number of nitrogens with zero attached hydrogens (tertiary/aromatic N) is 1. The summed E-state index contributed by atoms with van der Waals surface area (Å²) in [6, 6.07) is 0. The zero-order valence-corrected chi connectivity index (χ0v) is 13.9. The molecule has 1 aliphatic rings. The van der Waals surface area contributed by atoms with Crippen molar-refractivity contribution < 1.29 is 17.9 Å². The van der Waals surface area contributed by atoms with Crippen molar-refractivity contribution >= 4 is 15.9 Å². The first-order valence-electron chi connectivity index (χ1n) is 7.24. The molecule has 7 nitrogen and oxygen atoms in total. The first-order valence-corrected chi connectivity index (χ1v) is 8.89. The third-order valence-electron chi connectivity index (χ3n) is 3.65. The highest BCUT2D eigenvalue weighted by Gasteiger charge is 2.34. The van der Waals surface area contributed by atoms with Crippen LogP contribution in [0.3, 0.4) is 0 Å². The number of hydrogen-bond acceptors (Lipinski definition) is 5. The molecule has 21 heavy (non-hydrogen) atoms. The lowest BCUT2D eigenvalue weighted by Gasteiger charge is -2.22. The Hall–Kier alpha value is -0.700. The molecule has 1 unspecified atom stereocenters. The Labute approximate surface area is 127 Å². The van der Waals surface area contributed by atoms with Crippen LogP contribution in [0, 0.1) is 5.41 Å². The van der Waals surface area contributed by atoms with Gasteiger partial charge in [-0.15, -0.1) is 0 Å². The first-order chi connectivity index (χ1) is 9.67. The van der Waals surface area contributed by atoms with Gasteiger partial charge in [0, 0.05) is 13.1 Å². The molecule has 1 saturated heterocycles. The van der Waals surface area contributed by atoms with Gasteiger partial charge in [-0.25, -0.2) is 13.1 Å². The van der Waals surface area contributed by atoms with E-state index in [0.29, 0.717) is 19.6 Å². The van der Waals surface area contributed by atoms with Gasteiger partial charge in [0.15, 0.2) is 0 Å². The van der Waals surface area contributed by atoms with Crippen molar-refractivity contribution in [2.45, 2.75) is 33.3 Å². The average molecular weight is 321 g/mol. The monoisotopic (exact) mass is 321 g/mol. The second kappa shape index (κ2) is 7.53. The maximum absolute atomic E-state index is 12.0. The summed E-state index contributed by atoms with van der Waals surface area (Å²) in [6.07, 6.45) is 0.838. The number of nitrogens with two attached hydrogens (primary N) is 1. The highest BCUT2D eigenvalue weighted by atomic mass is 32.2. The molecular weight excluding hydrogens is 294 g/mol. The lowest BCUT2D eigenvalue weighted by molar-refractivity contribution is -0.129. The van der Waals surface area contributed by atoms with Gasteiger partial charge in [-0.05, 0) is 32.2 Å². The highest BCUT2D eigenvalue weighted by Crippen LogP contribution is 2.28. The van der Waals surface area contributed by atoms with Crippen LogP contribution in [0.5, 0.6) is 0 Å². The van der Waals surface area contributed by atoms with Crippen molar-refractivity contribution in [3.8, 4) is 0 Å². The quantitative estimate of drug-likeness (QED) is 0.629. The summed E-state index contributed by atoms with van der Waals surface area (Å²) in [4.78, 5) is 13.7. The van der Waals surface area contributed by atoms with Crippen LogP contribution in [0.25, 0.3) is 0 Å². The second-order valence-corrected chi connectivity index (χ2v) is 8.07. The summed E-state index contributed by atoms with van der Waals surface area (Å²) in [5.41, 5.74) is 5.63. The molecule has 0 radical (unpaired) electrons. The maximum Gasteiger partial charge on any atom is 0.237 e. The Balaban J connectivity index is 2.36. The molecule has 1 heterocycles. The Morgan fingerprint density at radius 2 is 2.14 bits per heavy atom. The lowest BCUT2D eigenvalue weighted by atomic mass is 9.90. The fourth-order valence-corrected chi connectivity index (χ4v) is 2.96. The molecule has 1 fully saturated rings. The van der Waals surface area contributed by atoms with Gasteiger partial charge in [0.2, 0.25) is 15.9 Å². The van der Waals surface area contributed by atoms with E-state index >= 15 is 0 Å². The largest absolute Gasteiger partial charge is 0.378 e. The Kier molecular flexibility index (Phi) is 6.58. The van der Waals surface area contributed by atoms with Gasteiger partial charge in [-0.3, -0.25) is 4.79 Å². The summed E-state index contributed by atoms with van der Waals surface area (Å²) < 4.78 is 31.0. The van der Waals surface area contributed by atoms with Crippen LogP contribution in [0.1, 0.15) is 27.2 Å². The summed E-state index contributed by atoms with van der Waals surface area (Å²) >= 11 is 0. The Morgan fingerprint density at radius 1 is 1.48 bits per heavy atom. The molecule has 0 saturated carbocycles. The van der Waals surface area contributed by atoms with E-state index in [2.05, 4.69) is 4.72 Å². The number of rotatable bonds is 8. The molecule has 124 valence electrons. The lowest BCUT2D eigenvalue weighted by Crippen LogP contribution is -2.41. The minimum atomic E-state index is -3.48. The smallest absolute Gasteiger partial charge is 0.237 e. The van der Waals surface area contributed by atoms with Gasteiger partial charge in [-0.2, -0.15) is 0 Å². The minimum absolute atomic E-state index is 0.0135. The molecule has 3 N–H and O–H groups in total. The van der Waals surface area contributed by atoms with Crippen LogP contribution in [-0.4, -0.2) is 63.9 Å². The van der Waals surface area contributed by atoms with Gasteiger partial charge < -0.3 is 15.4 Å². The first kappa shape index (κ1) is 18.3. The summed E-state index contributed by atoms with van der Waals surface area (Å²) in [5, 5.41) is 0. The van der Waals surface area contributed by atoms with E-state index in [1.807, 2.05) is 20.8 Å². The van der Waals surface area contributed by atoms with Gasteiger partial charge in [0.05, 0.1) is 25.0 Å². The number of likely N-dealkylation sites (tertiary alicyclic amines) is 1. The minimum Gasteiger partial charge on any atom is -0.378 e. The normalized spacial score (nSPS) is 23.0. The second-order valence-electron chi connectivity index (χ2n) is 6.14. The zero-order chi connectivity index (χ0) is 16.1. The Bertz CT molecular complexity index is 452. The Morgan fingerprint density at radius 3 is 2.67 bits per heavy atom. The van der Waals surface area contributed by atoms with Crippen LogP contribution < -0.4 is 10.5 Å². The van der Waals surface area contributed by atoms with Gasteiger partial charge in [0.1, 0.15) is 0 Å². The molecular formula is C13H27N3O4S. The number of nitrogens with one attached hydrogen (secondary N) is 1. The third-order valence-corrected chi connectivity index (χ3v) is 4.94. The van der Waals surface area contributed by atoms with Crippen LogP contribution in [0.4, 0.5) is 0 Å². The number of carbonyl (C=O) groups is 1. The molecule has 0 aliphatic carbocycles. The van der Waals surface area contributed by atoms with Crippen molar-refractivity contribution in [3.63, 3.8) is 0 Å². The molecule has 8 heteroatoms. The molecule has 1 atom stereocenters. The van der Waals surface area contributed by atoms with E-state index in [0.717, 1.165) is 6.42 Å². The molecule has 1 rings (SSSR count). The standard InChI is InChI=1S/C13H27N3O4S/c1-11(2)20-6-7-21(18,19)15-8-12(17)16-5-4-13(3,9-14)10-16/h11,15H,4-10,14H2,1-3H3. The van der Waals surface area contributed by atoms with Gasteiger partial charge in [-0.1, -0.05) is 6.92 Å². The number of sulfonamides is 1. The van der Waals surface area contributed by atoms with E-state index in [4.69, 9.17) is 10.5 Å². The third kappa shape index (κ3) is 6.29. The topological polar surface area (TPSA) is 102 Å². The van der Waals surface area contributed by atoms with Crippen molar-refractivity contribution in [2.24, 2.45) is 11.1 Å². The number of carbonyl (C=O) groups excluding carboxylic acids is 1. The number of hydrogen-bond donors (Lipinski definition) is 2. The van der Waals surface area contributed by atoms with Crippen LogP contribution in [0.15, 0.2) is 0 Å². The fraction of sp³-hybridized carbons (Fsp3) is 0.923. The van der Waals surface area contributed by atoms with Crippen molar-refractivity contribution in [2.75, 3.05) is 38.5 Å². The molecule has 0 bridgehead atoms. The molecule has 0 aromatic rings. The summed E-state index contributed by atoms with van der Waals surface area (Å²) in [5.74, 6) is -0.348. The predicted molar refractivity (Wildman–Crippen MR) is 81.2 cm³/mol. The summed E-state index contributed by atoms with van der Waals surface area (Å²) in [6.45, 7) is 7.37. The van der Waals surface area contributed by atoms with E-state index in [1.54, 1.807) is 4.90 Å². The van der Waals surface area contributed by atoms with Crippen LogP contribution >= 0.6 is 0 Å². The number of amides is 1. The van der Waals surface area contributed by atoms with Crippen LogP contribution in [0.2, 0.25) is 0 Å². The fourth-order valence-electron chi connectivity index (χ4n) is 2.15. The molecule has 0 aromatic carbocycles. The molecule has 1 aliphatic heterocycles. The maximum atomic E-state index is 12.0. The van der Waals surface area contributed by atoms with E-state index in [1.165, 1.54) is 0 Å². The van der Waals surface area contributed by atoms with E-state index in [-0.39, 0.29) is 36.3 Å². The molecule has 1 amide bonds. The van der Waals surface area contributed by atoms with Gasteiger partial charge >= 0.3 is 0 Å². The summed E-state index contributed by atoms with van der Waals surface area (Å²) in [7, 11) is -3.48.